The van der Waals surface area contributed by atoms with Gasteiger partial charge in [-0.1, -0.05) is 6.07 Å². The summed E-state index contributed by atoms with van der Waals surface area (Å²) in [6, 6.07) is 7.16. The maximum atomic E-state index is 12.8. The van der Waals surface area contributed by atoms with Gasteiger partial charge in [-0.2, -0.15) is 5.10 Å². The third-order valence-corrected chi connectivity index (χ3v) is 5.16. The number of methoxy groups -OCH3 is 1. The van der Waals surface area contributed by atoms with Crippen molar-refractivity contribution in [1.29, 1.82) is 0 Å². The zero-order valence-corrected chi connectivity index (χ0v) is 18.9. The molecule has 1 fully saturated rings. The molecule has 2 aromatic rings. The third-order valence-electron chi connectivity index (χ3n) is 5.16. The van der Waals surface area contributed by atoms with Gasteiger partial charge in [0, 0.05) is 23.9 Å². The number of hydrogen-bond donors (Lipinski definition) is 1. The number of rotatable bonds is 8. The fourth-order valence-corrected chi connectivity index (χ4v) is 3.71. The number of morpholine rings is 1. The molecule has 0 radical (unpaired) electrons. The summed E-state index contributed by atoms with van der Waals surface area (Å²) in [6.45, 7) is 9.88. The van der Waals surface area contributed by atoms with Crippen molar-refractivity contribution in [3.63, 3.8) is 0 Å². The van der Waals surface area contributed by atoms with E-state index in [0.29, 0.717) is 26.4 Å². The van der Waals surface area contributed by atoms with E-state index in [1.54, 1.807) is 12.0 Å². The average Bonchev–Trinajstić information content (AvgIpc) is 3.07. The number of carbonyl (C=O) groups excluding carboxylic acids is 1. The summed E-state index contributed by atoms with van der Waals surface area (Å²) in [7, 11) is 1.64. The van der Waals surface area contributed by atoms with Crippen LogP contribution in [0.2, 0.25) is 0 Å². The van der Waals surface area contributed by atoms with Crippen molar-refractivity contribution in [2.75, 3.05) is 40.1 Å². The lowest BCUT2D eigenvalue weighted by molar-refractivity contribution is -0.0293. The normalized spacial score (nSPS) is 16.6. The van der Waals surface area contributed by atoms with Crippen LogP contribution in [0.4, 0.5) is 4.79 Å². The number of hydrogen-bond acceptors (Lipinski definition) is 6. The smallest absolute Gasteiger partial charge is 0.341 e. The summed E-state index contributed by atoms with van der Waals surface area (Å²) in [5.41, 5.74) is 6.19. The van der Waals surface area contributed by atoms with E-state index in [0.717, 1.165) is 28.4 Å². The molecule has 0 spiro atoms. The van der Waals surface area contributed by atoms with Crippen LogP contribution in [0.15, 0.2) is 24.3 Å². The van der Waals surface area contributed by atoms with E-state index < -0.39 is 0 Å². The minimum Gasteiger partial charge on any atom is -0.497 e. The number of urea groups is 1. The maximum Gasteiger partial charge on any atom is 0.341 e. The van der Waals surface area contributed by atoms with E-state index in [1.165, 1.54) is 0 Å². The highest BCUT2D eigenvalue weighted by Crippen LogP contribution is 2.31. The van der Waals surface area contributed by atoms with E-state index in [4.69, 9.17) is 24.1 Å². The number of benzene rings is 1. The highest BCUT2D eigenvalue weighted by molar-refractivity contribution is 5.74. The highest BCUT2D eigenvalue weighted by atomic mass is 16.7. The zero-order chi connectivity index (χ0) is 22.4. The van der Waals surface area contributed by atoms with Gasteiger partial charge in [0.05, 0.1) is 57.1 Å². The molecule has 31 heavy (non-hydrogen) atoms. The van der Waals surface area contributed by atoms with Crippen molar-refractivity contribution >= 4 is 6.03 Å². The SMILES string of the molecule is COc1cccc(-n2nc(C)c(C3COCCN3C(=O)NOCCOC(C)C)c2C)c1. The number of aryl methyl sites for hydroxylation is 1. The average molecular weight is 433 g/mol. The molecule has 9 nitrogen and oxygen atoms in total. The lowest BCUT2D eigenvalue weighted by Gasteiger charge is -2.35. The van der Waals surface area contributed by atoms with Crippen molar-refractivity contribution in [3.8, 4) is 11.4 Å². The number of aromatic nitrogens is 2. The Morgan fingerprint density at radius 1 is 1.32 bits per heavy atom. The van der Waals surface area contributed by atoms with Crippen molar-refractivity contribution in [3.05, 3.63) is 41.2 Å². The molecule has 0 aliphatic carbocycles. The van der Waals surface area contributed by atoms with Crippen molar-refractivity contribution < 1.29 is 23.8 Å². The largest absolute Gasteiger partial charge is 0.497 e. The summed E-state index contributed by atoms with van der Waals surface area (Å²) < 4.78 is 18.3. The van der Waals surface area contributed by atoms with Gasteiger partial charge >= 0.3 is 6.03 Å². The predicted molar refractivity (Wildman–Crippen MR) is 115 cm³/mol. The molecular weight excluding hydrogens is 400 g/mol. The first kappa shape index (κ1) is 23.1. The van der Waals surface area contributed by atoms with Crippen LogP contribution in [0.3, 0.4) is 0 Å². The van der Waals surface area contributed by atoms with Gasteiger partial charge in [0.2, 0.25) is 0 Å². The molecule has 1 N–H and O–H groups in total. The van der Waals surface area contributed by atoms with Gasteiger partial charge in [0.25, 0.3) is 0 Å². The number of carbonyl (C=O) groups is 1. The molecule has 1 aromatic carbocycles. The van der Waals surface area contributed by atoms with E-state index in [-0.39, 0.29) is 24.8 Å². The van der Waals surface area contributed by atoms with Crippen molar-refractivity contribution in [1.82, 2.24) is 20.2 Å². The molecule has 1 aliphatic rings. The summed E-state index contributed by atoms with van der Waals surface area (Å²) in [6.07, 6.45) is 0.120. The summed E-state index contributed by atoms with van der Waals surface area (Å²) in [5.74, 6) is 0.757. The Morgan fingerprint density at radius 3 is 2.87 bits per heavy atom. The van der Waals surface area contributed by atoms with Gasteiger partial charge < -0.3 is 19.1 Å². The fourth-order valence-electron chi connectivity index (χ4n) is 3.71. The van der Waals surface area contributed by atoms with Crippen molar-refractivity contribution in [2.24, 2.45) is 0 Å². The van der Waals surface area contributed by atoms with Crippen LogP contribution in [0, 0.1) is 13.8 Å². The molecule has 170 valence electrons. The minimum absolute atomic E-state index is 0.120. The lowest BCUT2D eigenvalue weighted by atomic mass is 10.0. The Balaban J connectivity index is 1.76. The Morgan fingerprint density at radius 2 is 2.13 bits per heavy atom. The van der Waals surface area contributed by atoms with Crippen LogP contribution in [0.5, 0.6) is 5.75 Å². The Labute approximate surface area is 183 Å². The molecule has 0 bridgehead atoms. The first-order valence-corrected chi connectivity index (χ1v) is 10.5. The van der Waals surface area contributed by atoms with Gasteiger partial charge in [-0.3, -0.25) is 4.84 Å². The Bertz CT molecular complexity index is 883. The molecule has 1 unspecified atom stereocenters. The molecule has 2 amide bonds. The summed E-state index contributed by atoms with van der Waals surface area (Å²) >= 11 is 0. The van der Waals surface area contributed by atoms with Crippen molar-refractivity contribution in [2.45, 2.75) is 39.8 Å². The predicted octanol–water partition coefficient (Wildman–Crippen LogP) is 2.94. The number of nitrogens with one attached hydrogen (secondary N) is 1. The first-order chi connectivity index (χ1) is 14.9. The van der Waals surface area contributed by atoms with Gasteiger partial charge in [-0.25, -0.2) is 15.0 Å². The second-order valence-corrected chi connectivity index (χ2v) is 7.66. The van der Waals surface area contributed by atoms with E-state index in [1.807, 2.05) is 56.6 Å². The Hall–Kier alpha value is -2.62. The highest BCUT2D eigenvalue weighted by Gasteiger charge is 2.33. The minimum atomic E-state index is -0.300. The van der Waals surface area contributed by atoms with Crippen LogP contribution < -0.4 is 10.2 Å². The number of hydroxylamine groups is 1. The van der Waals surface area contributed by atoms with Crippen LogP contribution in [-0.2, 0) is 14.3 Å². The molecule has 0 saturated carbocycles. The Kier molecular flexibility index (Phi) is 7.89. The molecule has 3 rings (SSSR count). The molecule has 2 heterocycles. The van der Waals surface area contributed by atoms with Crippen LogP contribution in [0.1, 0.15) is 36.8 Å². The second-order valence-electron chi connectivity index (χ2n) is 7.66. The van der Waals surface area contributed by atoms with E-state index in [2.05, 4.69) is 5.48 Å². The summed E-state index contributed by atoms with van der Waals surface area (Å²) in [4.78, 5) is 19.8. The van der Waals surface area contributed by atoms with E-state index >= 15 is 0 Å². The zero-order valence-electron chi connectivity index (χ0n) is 18.9. The molecule has 1 saturated heterocycles. The van der Waals surface area contributed by atoms with Crippen LogP contribution >= 0.6 is 0 Å². The lowest BCUT2D eigenvalue weighted by Crippen LogP contribution is -2.48. The number of amides is 2. The fraction of sp³-hybridized carbons (Fsp3) is 0.545. The number of nitrogens with zero attached hydrogens (tertiary/aromatic N) is 3. The molecular formula is C22H32N4O5. The maximum absolute atomic E-state index is 12.8. The monoisotopic (exact) mass is 432 g/mol. The van der Waals surface area contributed by atoms with Gasteiger partial charge in [0.15, 0.2) is 0 Å². The van der Waals surface area contributed by atoms with Gasteiger partial charge in [0.1, 0.15) is 5.75 Å². The topological polar surface area (TPSA) is 87.1 Å². The molecule has 1 atom stereocenters. The molecule has 1 aromatic heterocycles. The first-order valence-electron chi connectivity index (χ1n) is 10.5. The quantitative estimate of drug-likeness (QED) is 0.510. The van der Waals surface area contributed by atoms with Gasteiger partial charge in [-0.05, 0) is 39.8 Å². The second kappa shape index (κ2) is 10.6. The molecule has 9 heteroatoms. The van der Waals surface area contributed by atoms with Crippen LogP contribution in [0.25, 0.3) is 5.69 Å². The van der Waals surface area contributed by atoms with E-state index in [9.17, 15) is 4.79 Å². The van der Waals surface area contributed by atoms with Crippen LogP contribution in [-0.4, -0.2) is 66.9 Å². The summed E-state index contributed by atoms with van der Waals surface area (Å²) in [5, 5.41) is 4.73. The van der Waals surface area contributed by atoms with Gasteiger partial charge in [-0.15, -0.1) is 0 Å². The molecule has 1 aliphatic heterocycles. The standard InChI is InChI=1S/C22H32N4O5/c1-15(2)30-11-12-31-24-22(27)25-9-10-29-14-20(25)21-16(3)23-26(17(21)4)18-7-6-8-19(13-18)28-5/h6-8,13,15,20H,9-12,14H2,1-5H3,(H,24,27). The third kappa shape index (κ3) is 5.55. The number of ether oxygens (including phenoxy) is 3.